The molecule has 0 unspecified atom stereocenters. The van der Waals surface area contributed by atoms with E-state index in [1.54, 1.807) is 7.11 Å². The van der Waals surface area contributed by atoms with Crippen molar-refractivity contribution in [1.82, 2.24) is 19.9 Å². The number of fused-ring (bicyclic) bond motifs is 2. The predicted molar refractivity (Wildman–Crippen MR) is 110 cm³/mol. The molecule has 1 fully saturated rings. The summed E-state index contributed by atoms with van der Waals surface area (Å²) in [6.45, 7) is 3.62. The lowest BCUT2D eigenvalue weighted by Gasteiger charge is -2.36. The van der Waals surface area contributed by atoms with Crippen molar-refractivity contribution in [2.75, 3.05) is 43.1 Å². The van der Waals surface area contributed by atoms with Crippen LogP contribution in [0.4, 0.5) is 11.5 Å². The van der Waals surface area contributed by atoms with Crippen LogP contribution in [0.15, 0.2) is 55.0 Å². The SMILES string of the molecule is COc1ncnc2ccc(N3CCN(c4cnc5ccccc5n4)CC3)cc12. The van der Waals surface area contributed by atoms with Gasteiger partial charge in [-0.2, -0.15) is 0 Å². The van der Waals surface area contributed by atoms with E-state index < -0.39 is 0 Å². The normalized spacial score (nSPS) is 14.6. The summed E-state index contributed by atoms with van der Waals surface area (Å²) in [5.41, 5.74) is 3.91. The van der Waals surface area contributed by atoms with Crippen LogP contribution in [0.25, 0.3) is 21.9 Å². The molecule has 0 spiro atoms. The third-order valence-corrected chi connectivity index (χ3v) is 5.18. The summed E-state index contributed by atoms with van der Waals surface area (Å²) in [6.07, 6.45) is 3.40. The predicted octanol–water partition coefficient (Wildman–Crippen LogP) is 2.91. The first-order chi connectivity index (χ1) is 13.8. The zero-order valence-corrected chi connectivity index (χ0v) is 15.6. The quantitative estimate of drug-likeness (QED) is 0.548. The molecular weight excluding hydrogens is 352 g/mol. The second-order valence-electron chi connectivity index (χ2n) is 6.78. The first-order valence-electron chi connectivity index (χ1n) is 9.32. The minimum atomic E-state index is 0.608. The molecule has 5 rings (SSSR count). The highest BCUT2D eigenvalue weighted by molar-refractivity contribution is 5.86. The first-order valence-corrected chi connectivity index (χ1v) is 9.32. The fourth-order valence-electron chi connectivity index (χ4n) is 3.67. The Morgan fingerprint density at radius 1 is 0.821 bits per heavy atom. The number of nitrogens with zero attached hydrogens (tertiary/aromatic N) is 6. The van der Waals surface area contributed by atoms with E-state index in [2.05, 4.69) is 36.9 Å². The smallest absolute Gasteiger partial charge is 0.224 e. The molecule has 0 radical (unpaired) electrons. The molecule has 4 aromatic rings. The van der Waals surface area contributed by atoms with Gasteiger partial charge in [-0.1, -0.05) is 12.1 Å². The molecule has 1 aliphatic heterocycles. The number of methoxy groups -OCH3 is 1. The highest BCUT2D eigenvalue weighted by atomic mass is 16.5. The van der Waals surface area contributed by atoms with Crippen LogP contribution >= 0.6 is 0 Å². The Labute approximate surface area is 162 Å². The van der Waals surface area contributed by atoms with Crippen LogP contribution < -0.4 is 14.5 Å². The Morgan fingerprint density at radius 2 is 1.61 bits per heavy atom. The molecule has 1 saturated heterocycles. The Bertz CT molecular complexity index is 1140. The van der Waals surface area contributed by atoms with Crippen molar-refractivity contribution in [3.05, 3.63) is 55.0 Å². The third kappa shape index (κ3) is 2.94. The van der Waals surface area contributed by atoms with E-state index >= 15 is 0 Å². The van der Waals surface area contributed by atoms with Crippen molar-refractivity contribution >= 4 is 33.4 Å². The van der Waals surface area contributed by atoms with E-state index in [0.29, 0.717) is 5.88 Å². The van der Waals surface area contributed by atoms with E-state index in [1.165, 1.54) is 6.33 Å². The van der Waals surface area contributed by atoms with Crippen molar-refractivity contribution in [1.29, 1.82) is 0 Å². The fourth-order valence-corrected chi connectivity index (χ4v) is 3.67. The lowest BCUT2D eigenvalue weighted by atomic mass is 10.2. The van der Waals surface area contributed by atoms with E-state index in [9.17, 15) is 0 Å². The van der Waals surface area contributed by atoms with E-state index in [4.69, 9.17) is 9.72 Å². The topological polar surface area (TPSA) is 67.3 Å². The molecule has 0 aliphatic carbocycles. The van der Waals surface area contributed by atoms with Gasteiger partial charge in [0.2, 0.25) is 5.88 Å². The van der Waals surface area contributed by atoms with Gasteiger partial charge in [-0.15, -0.1) is 0 Å². The van der Waals surface area contributed by atoms with E-state index in [-0.39, 0.29) is 0 Å². The number of benzene rings is 2. The van der Waals surface area contributed by atoms with Gasteiger partial charge < -0.3 is 14.5 Å². The summed E-state index contributed by atoms with van der Waals surface area (Å²) < 4.78 is 5.39. The van der Waals surface area contributed by atoms with Crippen molar-refractivity contribution in [2.45, 2.75) is 0 Å². The maximum atomic E-state index is 5.39. The van der Waals surface area contributed by atoms with Crippen LogP contribution in [0.1, 0.15) is 0 Å². The molecule has 7 nitrogen and oxygen atoms in total. The van der Waals surface area contributed by atoms with Gasteiger partial charge in [0.05, 0.1) is 35.2 Å². The van der Waals surface area contributed by atoms with Gasteiger partial charge in [-0.25, -0.2) is 15.0 Å². The first kappa shape index (κ1) is 16.7. The summed E-state index contributed by atoms with van der Waals surface area (Å²) in [7, 11) is 1.64. The lowest BCUT2D eigenvalue weighted by molar-refractivity contribution is 0.402. The number of rotatable bonds is 3. The molecule has 0 amide bonds. The summed E-state index contributed by atoms with van der Waals surface area (Å²) in [4.78, 5) is 22.5. The number of para-hydroxylation sites is 2. The lowest BCUT2D eigenvalue weighted by Crippen LogP contribution is -2.46. The molecular formula is C21H20N6O. The van der Waals surface area contributed by atoms with Crippen molar-refractivity contribution in [3.63, 3.8) is 0 Å². The summed E-state index contributed by atoms with van der Waals surface area (Å²) >= 11 is 0. The minimum absolute atomic E-state index is 0.608. The highest BCUT2D eigenvalue weighted by Gasteiger charge is 2.19. The maximum absolute atomic E-state index is 5.39. The number of piperazine rings is 1. The number of ether oxygens (including phenoxy) is 1. The standard InChI is InChI=1S/C21H20N6O/c1-28-21-16-12-15(6-7-17(16)23-14-24-21)26-8-10-27(11-9-26)20-13-22-18-4-2-3-5-19(18)25-20/h2-7,12-14H,8-11H2,1H3. The Hall–Kier alpha value is -3.48. The maximum Gasteiger partial charge on any atom is 0.224 e. The Morgan fingerprint density at radius 3 is 2.43 bits per heavy atom. The van der Waals surface area contributed by atoms with Gasteiger partial charge in [0.1, 0.15) is 12.1 Å². The van der Waals surface area contributed by atoms with Crippen molar-refractivity contribution in [2.24, 2.45) is 0 Å². The summed E-state index contributed by atoms with van der Waals surface area (Å²) in [5, 5.41) is 0.935. The molecule has 2 aromatic carbocycles. The summed E-state index contributed by atoms with van der Waals surface area (Å²) in [6, 6.07) is 14.2. The largest absolute Gasteiger partial charge is 0.480 e. The number of hydrogen-bond donors (Lipinski definition) is 0. The molecule has 7 heteroatoms. The number of anilines is 2. The van der Waals surface area contributed by atoms with E-state index in [1.807, 2.05) is 36.5 Å². The van der Waals surface area contributed by atoms with Crippen LogP contribution in [-0.4, -0.2) is 53.2 Å². The average molecular weight is 372 g/mol. The van der Waals surface area contributed by atoms with E-state index in [0.717, 1.165) is 59.6 Å². The monoisotopic (exact) mass is 372 g/mol. The molecule has 3 heterocycles. The Balaban J connectivity index is 1.36. The molecule has 28 heavy (non-hydrogen) atoms. The van der Waals surface area contributed by atoms with Crippen LogP contribution in [0.2, 0.25) is 0 Å². The average Bonchev–Trinajstić information content (AvgIpc) is 2.78. The number of hydrogen-bond acceptors (Lipinski definition) is 7. The minimum Gasteiger partial charge on any atom is -0.480 e. The van der Waals surface area contributed by atoms with Gasteiger partial charge in [0.15, 0.2) is 0 Å². The number of aromatic nitrogens is 4. The van der Waals surface area contributed by atoms with Crippen molar-refractivity contribution in [3.8, 4) is 5.88 Å². The van der Waals surface area contributed by atoms with Crippen LogP contribution in [0.3, 0.4) is 0 Å². The van der Waals surface area contributed by atoms with Gasteiger partial charge in [0, 0.05) is 31.9 Å². The second kappa shape index (κ2) is 6.92. The Kier molecular flexibility index (Phi) is 4.12. The second-order valence-corrected chi connectivity index (χ2v) is 6.78. The molecule has 2 aromatic heterocycles. The molecule has 1 aliphatic rings. The highest BCUT2D eigenvalue weighted by Crippen LogP contribution is 2.27. The van der Waals surface area contributed by atoms with Crippen molar-refractivity contribution < 1.29 is 4.74 Å². The fraction of sp³-hybridized carbons (Fsp3) is 0.238. The van der Waals surface area contributed by atoms with Gasteiger partial charge >= 0.3 is 0 Å². The molecule has 0 N–H and O–H groups in total. The van der Waals surface area contributed by atoms with Gasteiger partial charge in [-0.3, -0.25) is 4.98 Å². The van der Waals surface area contributed by atoms with Gasteiger partial charge in [0.25, 0.3) is 0 Å². The molecule has 140 valence electrons. The van der Waals surface area contributed by atoms with Crippen LogP contribution in [0.5, 0.6) is 5.88 Å². The van der Waals surface area contributed by atoms with Gasteiger partial charge in [-0.05, 0) is 30.3 Å². The zero-order valence-electron chi connectivity index (χ0n) is 15.6. The third-order valence-electron chi connectivity index (χ3n) is 5.18. The molecule has 0 bridgehead atoms. The molecule has 0 saturated carbocycles. The zero-order chi connectivity index (χ0) is 18.9. The molecule has 0 atom stereocenters. The summed E-state index contributed by atoms with van der Waals surface area (Å²) in [5.74, 6) is 1.55. The van der Waals surface area contributed by atoms with Crippen LogP contribution in [0, 0.1) is 0 Å². The van der Waals surface area contributed by atoms with Crippen LogP contribution in [-0.2, 0) is 0 Å².